The molecule has 0 bridgehead atoms. The molecule has 0 aliphatic heterocycles. The van der Waals surface area contributed by atoms with E-state index in [1.807, 2.05) is 30.3 Å². The Balaban J connectivity index is 1.52. The standard InChI is InChI=1S/C18H13ClF3N3OS3/c19-13-7-6-12(18(20,21)22)8-14(13)23-15(26)10-28-17-25-24-16(29-17)27-9-11-4-2-1-3-5-11/h1-8H,9-10H2,(H,23,26). The monoisotopic (exact) mass is 475 g/mol. The highest BCUT2D eigenvalue weighted by molar-refractivity contribution is 8.03. The van der Waals surface area contributed by atoms with Gasteiger partial charge in [-0.3, -0.25) is 4.79 Å². The van der Waals surface area contributed by atoms with E-state index in [-0.39, 0.29) is 16.5 Å². The first kappa shape index (κ1) is 21.9. The van der Waals surface area contributed by atoms with Crippen LogP contribution in [0.1, 0.15) is 11.1 Å². The number of carbonyl (C=O) groups is 1. The molecular formula is C18H13ClF3N3OS3. The van der Waals surface area contributed by atoms with Gasteiger partial charge in [-0.1, -0.05) is 76.8 Å². The van der Waals surface area contributed by atoms with Crippen molar-refractivity contribution in [1.82, 2.24) is 10.2 Å². The van der Waals surface area contributed by atoms with Gasteiger partial charge >= 0.3 is 6.18 Å². The topological polar surface area (TPSA) is 54.9 Å². The fourth-order valence-electron chi connectivity index (χ4n) is 2.14. The molecule has 4 nitrogen and oxygen atoms in total. The van der Waals surface area contributed by atoms with Crippen LogP contribution in [0.4, 0.5) is 18.9 Å². The summed E-state index contributed by atoms with van der Waals surface area (Å²) in [7, 11) is 0. The molecule has 2 aromatic carbocycles. The van der Waals surface area contributed by atoms with Crippen LogP contribution >= 0.6 is 46.5 Å². The second-order valence-electron chi connectivity index (χ2n) is 5.64. The zero-order valence-electron chi connectivity index (χ0n) is 14.6. The number of hydrogen-bond donors (Lipinski definition) is 1. The summed E-state index contributed by atoms with van der Waals surface area (Å²) in [6.45, 7) is 0. The molecule has 1 heterocycles. The predicted octanol–water partition coefficient (Wildman–Crippen LogP) is 6.23. The molecule has 1 aromatic heterocycles. The van der Waals surface area contributed by atoms with E-state index in [0.717, 1.165) is 40.1 Å². The van der Waals surface area contributed by atoms with Crippen LogP contribution in [0.3, 0.4) is 0 Å². The molecule has 152 valence electrons. The Labute approximate surface area is 182 Å². The minimum atomic E-state index is -4.51. The molecule has 0 atom stereocenters. The van der Waals surface area contributed by atoms with Gasteiger partial charge in [0.1, 0.15) is 0 Å². The lowest BCUT2D eigenvalue weighted by Gasteiger charge is -2.11. The normalized spacial score (nSPS) is 11.4. The molecule has 0 fully saturated rings. The van der Waals surface area contributed by atoms with Crippen LogP contribution in [0.15, 0.2) is 57.2 Å². The third kappa shape index (κ3) is 6.63. The first-order valence-corrected chi connectivity index (χ1v) is 11.3. The maximum Gasteiger partial charge on any atom is 0.416 e. The molecule has 0 radical (unpaired) electrons. The van der Waals surface area contributed by atoms with Crippen LogP contribution in [0.2, 0.25) is 5.02 Å². The Kier molecular flexibility index (Phi) is 7.44. The minimum Gasteiger partial charge on any atom is -0.324 e. The highest BCUT2D eigenvalue weighted by atomic mass is 35.5. The number of rotatable bonds is 7. The number of aromatic nitrogens is 2. The Morgan fingerprint density at radius 2 is 1.76 bits per heavy atom. The molecular weight excluding hydrogens is 463 g/mol. The quantitative estimate of drug-likeness (QED) is 0.410. The largest absolute Gasteiger partial charge is 0.416 e. The number of nitrogens with zero attached hydrogens (tertiary/aromatic N) is 2. The van der Waals surface area contributed by atoms with E-state index in [1.165, 1.54) is 16.9 Å². The zero-order valence-corrected chi connectivity index (χ0v) is 17.8. The second-order valence-corrected chi connectivity index (χ2v) is 9.47. The number of anilines is 1. The van der Waals surface area contributed by atoms with Crippen LogP contribution in [-0.2, 0) is 16.7 Å². The third-order valence-corrected chi connectivity index (χ3v) is 7.08. The van der Waals surface area contributed by atoms with Gasteiger partial charge in [-0.25, -0.2) is 0 Å². The lowest BCUT2D eigenvalue weighted by Crippen LogP contribution is -2.15. The Morgan fingerprint density at radius 1 is 1.07 bits per heavy atom. The summed E-state index contributed by atoms with van der Waals surface area (Å²) in [4.78, 5) is 12.1. The molecule has 0 aliphatic carbocycles. The van der Waals surface area contributed by atoms with Gasteiger partial charge in [0.15, 0.2) is 8.68 Å². The number of carbonyl (C=O) groups excluding carboxylic acids is 1. The number of alkyl halides is 3. The van der Waals surface area contributed by atoms with Gasteiger partial charge in [-0.15, -0.1) is 10.2 Å². The van der Waals surface area contributed by atoms with Crippen LogP contribution in [0.25, 0.3) is 0 Å². The fraction of sp³-hybridized carbons (Fsp3) is 0.167. The summed E-state index contributed by atoms with van der Waals surface area (Å²) in [6.07, 6.45) is -4.51. The summed E-state index contributed by atoms with van der Waals surface area (Å²) in [6, 6.07) is 12.7. The molecule has 0 saturated heterocycles. The summed E-state index contributed by atoms with van der Waals surface area (Å²) in [5, 5.41) is 10.5. The van der Waals surface area contributed by atoms with E-state index >= 15 is 0 Å². The van der Waals surface area contributed by atoms with Crippen molar-refractivity contribution in [3.8, 4) is 0 Å². The van der Waals surface area contributed by atoms with Gasteiger partial charge in [-0.2, -0.15) is 13.2 Å². The van der Waals surface area contributed by atoms with Gasteiger partial charge in [0.2, 0.25) is 5.91 Å². The molecule has 3 rings (SSSR count). The summed E-state index contributed by atoms with van der Waals surface area (Å²) in [5.74, 6) is 0.254. The Bertz CT molecular complexity index is 983. The lowest BCUT2D eigenvalue weighted by molar-refractivity contribution is -0.137. The van der Waals surface area contributed by atoms with E-state index < -0.39 is 17.6 Å². The maximum atomic E-state index is 12.8. The maximum absolute atomic E-state index is 12.8. The van der Waals surface area contributed by atoms with Gasteiger partial charge in [0, 0.05) is 5.75 Å². The first-order valence-electron chi connectivity index (χ1n) is 8.11. The van der Waals surface area contributed by atoms with E-state index in [9.17, 15) is 18.0 Å². The van der Waals surface area contributed by atoms with Gasteiger partial charge < -0.3 is 5.32 Å². The molecule has 1 N–H and O–H groups in total. The Hall–Kier alpha value is -1.75. The average molecular weight is 476 g/mol. The van der Waals surface area contributed by atoms with E-state index in [4.69, 9.17) is 11.6 Å². The predicted molar refractivity (Wildman–Crippen MR) is 112 cm³/mol. The highest BCUT2D eigenvalue weighted by Gasteiger charge is 2.31. The molecule has 3 aromatic rings. The molecule has 0 spiro atoms. The van der Waals surface area contributed by atoms with Crippen molar-refractivity contribution in [1.29, 1.82) is 0 Å². The molecule has 0 saturated carbocycles. The number of hydrogen-bond acceptors (Lipinski definition) is 6. The summed E-state index contributed by atoms with van der Waals surface area (Å²) < 4.78 is 39.8. The average Bonchev–Trinajstić information content (AvgIpc) is 3.14. The molecule has 29 heavy (non-hydrogen) atoms. The van der Waals surface area contributed by atoms with Crippen molar-refractivity contribution in [2.75, 3.05) is 11.1 Å². The number of thioether (sulfide) groups is 2. The number of amides is 1. The first-order chi connectivity index (χ1) is 13.8. The number of benzene rings is 2. The van der Waals surface area contributed by atoms with E-state index in [1.54, 1.807) is 11.8 Å². The van der Waals surface area contributed by atoms with Crippen molar-refractivity contribution in [2.45, 2.75) is 20.6 Å². The fourth-order valence-corrected chi connectivity index (χ4v) is 5.08. The van der Waals surface area contributed by atoms with Crippen molar-refractivity contribution in [3.63, 3.8) is 0 Å². The van der Waals surface area contributed by atoms with Crippen LogP contribution in [0, 0.1) is 0 Å². The third-order valence-electron chi connectivity index (χ3n) is 3.49. The van der Waals surface area contributed by atoms with Crippen molar-refractivity contribution < 1.29 is 18.0 Å². The molecule has 1 amide bonds. The molecule has 11 heteroatoms. The van der Waals surface area contributed by atoms with Gasteiger partial charge in [-0.05, 0) is 23.8 Å². The number of nitrogens with one attached hydrogen (secondary N) is 1. The van der Waals surface area contributed by atoms with Crippen molar-refractivity contribution in [2.24, 2.45) is 0 Å². The summed E-state index contributed by atoms with van der Waals surface area (Å²) in [5.41, 5.74) is 0.205. The number of halogens is 4. The minimum absolute atomic E-state index is 0.0233. The van der Waals surface area contributed by atoms with Crippen molar-refractivity contribution >= 4 is 58.1 Å². The second kappa shape index (κ2) is 9.84. The highest BCUT2D eigenvalue weighted by Crippen LogP contribution is 2.34. The van der Waals surface area contributed by atoms with E-state index in [2.05, 4.69) is 15.5 Å². The van der Waals surface area contributed by atoms with Gasteiger partial charge in [0.25, 0.3) is 0 Å². The molecule has 0 unspecified atom stereocenters. The Morgan fingerprint density at radius 3 is 2.45 bits per heavy atom. The van der Waals surface area contributed by atoms with Crippen LogP contribution in [-0.4, -0.2) is 21.9 Å². The smallest absolute Gasteiger partial charge is 0.324 e. The molecule has 0 aliphatic rings. The zero-order chi connectivity index (χ0) is 20.9. The summed E-state index contributed by atoms with van der Waals surface area (Å²) >= 11 is 9.95. The van der Waals surface area contributed by atoms with Crippen LogP contribution < -0.4 is 5.32 Å². The van der Waals surface area contributed by atoms with Crippen molar-refractivity contribution in [3.05, 3.63) is 64.7 Å². The van der Waals surface area contributed by atoms with E-state index in [0.29, 0.717) is 4.34 Å². The lowest BCUT2D eigenvalue weighted by atomic mass is 10.2. The SMILES string of the molecule is O=C(CSc1nnc(SCc2ccccc2)s1)Nc1cc(C(F)(F)F)ccc1Cl. The van der Waals surface area contributed by atoms with Crippen LogP contribution in [0.5, 0.6) is 0 Å². The van der Waals surface area contributed by atoms with Gasteiger partial charge in [0.05, 0.1) is 22.0 Å².